The van der Waals surface area contributed by atoms with Crippen molar-refractivity contribution in [3.8, 4) is 5.75 Å². The van der Waals surface area contributed by atoms with Gasteiger partial charge in [-0.25, -0.2) is 0 Å². The van der Waals surface area contributed by atoms with Crippen LogP contribution in [0.4, 0.5) is 0 Å². The molecule has 16 nitrogen and oxygen atoms in total. The van der Waals surface area contributed by atoms with E-state index in [0.29, 0.717) is 12.8 Å². The number of hydrogen-bond donors (Lipinski definition) is 4. The first-order chi connectivity index (χ1) is 27.8. The number of allylic oxidation sites excluding steroid dienone is 2. The summed E-state index contributed by atoms with van der Waals surface area (Å²) < 4.78 is 41.8. The maximum atomic E-state index is 14.2. The summed E-state index contributed by atoms with van der Waals surface area (Å²) in [5.41, 5.74) is -8.13. The molecule has 3 aliphatic carbocycles. The number of phenolic OH excluding ortho intramolecular Hbond substituents is 1. The Morgan fingerprint density at radius 1 is 0.797 bits per heavy atom. The zero-order chi connectivity index (χ0) is 42.3. The number of aliphatic hydroxyl groups excluding tert-OH is 1. The highest BCUT2D eigenvalue weighted by Gasteiger charge is 2.67. The van der Waals surface area contributed by atoms with Crippen LogP contribution in [0.1, 0.15) is 99.1 Å². The highest BCUT2D eigenvalue weighted by molar-refractivity contribution is 6.32. The van der Waals surface area contributed by atoms with E-state index in [9.17, 15) is 44.4 Å². The van der Waals surface area contributed by atoms with Gasteiger partial charge < -0.3 is 53.6 Å². The van der Waals surface area contributed by atoms with Crippen molar-refractivity contribution < 1.29 is 77.6 Å². The van der Waals surface area contributed by atoms with E-state index >= 15 is 0 Å². The van der Waals surface area contributed by atoms with Gasteiger partial charge in [-0.05, 0) is 77.5 Å². The van der Waals surface area contributed by atoms with E-state index in [1.54, 1.807) is 26.8 Å². The minimum atomic E-state index is -2.83. The van der Waals surface area contributed by atoms with E-state index in [1.807, 2.05) is 6.92 Å². The molecule has 16 heteroatoms. The lowest BCUT2D eigenvalue weighted by atomic mass is 9.57. The van der Waals surface area contributed by atoms with Gasteiger partial charge in [0.1, 0.15) is 29.7 Å². The van der Waals surface area contributed by atoms with E-state index in [-0.39, 0.29) is 52.8 Å². The summed E-state index contributed by atoms with van der Waals surface area (Å²) in [5, 5.41) is 47.0. The summed E-state index contributed by atoms with van der Waals surface area (Å²) in [6, 6.07) is 2.67. The molecule has 4 heterocycles. The lowest BCUT2D eigenvalue weighted by molar-refractivity contribution is -0.292. The second-order valence-electron chi connectivity index (χ2n) is 16.8. The number of carbonyl (C=O) groups excluding carboxylic acids is 5. The number of aliphatic hydroxyl groups is 3. The Hall–Kier alpha value is -4.07. The third-order valence-corrected chi connectivity index (χ3v) is 12.4. The summed E-state index contributed by atoms with van der Waals surface area (Å²) in [6.07, 6.45) is -0.0765. The SMILES string of the molecule is C[C@@H]1O[C@@H](O[C@H]2CC[C@@H](O[C@H]3[C@H](C)O[C@H](c4ccc5c(c4O)C(=O)C4=C(C5=O)[C@@]5(O)C(=O)C[C@@](C)(O[C@H]6C=CC(=O)[C@H](C)O6)C[C@@]5(O)C=C4)C[C@@H]3O)O[C@@H]2C)C=CC1=O. The topological polar surface area (TPSA) is 231 Å². The van der Waals surface area contributed by atoms with Crippen LogP contribution in [0.3, 0.4) is 0 Å². The highest BCUT2D eigenvalue weighted by atomic mass is 16.7. The van der Waals surface area contributed by atoms with E-state index in [4.69, 9.17) is 33.2 Å². The van der Waals surface area contributed by atoms with Crippen LogP contribution in [0.5, 0.6) is 5.75 Å². The van der Waals surface area contributed by atoms with Crippen LogP contribution in [0.25, 0.3) is 0 Å². The molecular weight excluding hydrogens is 772 g/mol. The van der Waals surface area contributed by atoms with Crippen LogP contribution in [-0.2, 0) is 47.5 Å². The monoisotopic (exact) mass is 820 g/mol. The molecule has 3 fully saturated rings. The summed E-state index contributed by atoms with van der Waals surface area (Å²) in [5.74, 6) is -3.73. The lowest BCUT2D eigenvalue weighted by Crippen LogP contribution is -2.69. The molecule has 0 spiro atoms. The molecule has 1 saturated carbocycles. The van der Waals surface area contributed by atoms with Crippen LogP contribution in [0.2, 0.25) is 0 Å². The third-order valence-electron chi connectivity index (χ3n) is 12.4. The van der Waals surface area contributed by atoms with E-state index in [0.717, 1.165) is 12.2 Å². The molecule has 4 aliphatic heterocycles. The van der Waals surface area contributed by atoms with Gasteiger partial charge >= 0.3 is 0 Å². The molecule has 0 bridgehead atoms. The maximum Gasteiger partial charge on any atom is 0.198 e. The van der Waals surface area contributed by atoms with Gasteiger partial charge in [0.05, 0.1) is 47.3 Å². The molecule has 4 N–H and O–H groups in total. The predicted octanol–water partition coefficient (Wildman–Crippen LogP) is 2.48. The summed E-state index contributed by atoms with van der Waals surface area (Å²) in [4.78, 5) is 66.0. The van der Waals surface area contributed by atoms with Gasteiger partial charge in [-0.15, -0.1) is 0 Å². The zero-order valence-electron chi connectivity index (χ0n) is 33.2. The largest absolute Gasteiger partial charge is 0.507 e. The van der Waals surface area contributed by atoms with Gasteiger partial charge in [-0.1, -0.05) is 12.1 Å². The molecule has 14 atom stereocenters. The van der Waals surface area contributed by atoms with E-state index in [2.05, 4.69) is 0 Å². The summed E-state index contributed by atoms with van der Waals surface area (Å²) in [6.45, 7) is 8.26. The molecule has 0 amide bonds. The molecule has 0 radical (unpaired) electrons. The zero-order valence-corrected chi connectivity index (χ0v) is 33.2. The molecular formula is C43H48O16. The Labute approximate surface area is 339 Å². The van der Waals surface area contributed by atoms with Crippen molar-refractivity contribution in [3.05, 3.63) is 76.4 Å². The van der Waals surface area contributed by atoms with Crippen molar-refractivity contribution in [2.75, 3.05) is 0 Å². The maximum absolute atomic E-state index is 14.2. The van der Waals surface area contributed by atoms with Crippen molar-refractivity contribution in [2.24, 2.45) is 0 Å². The standard InChI is InChI=1S/C43H48O16/c1-19-26(44)8-11-32(54-19)57-29-10-13-33(56-21(29)3)58-40-22(4)53-30(16-28(40)46)23-6-7-24-35(37(23)48)38(49)25-14-15-42(51)18-41(5,59-34-12-9-27(45)20(2)55-34)17-31(47)43(42,52)36(25)39(24)50/h6-9,11-12,14-15,19-22,28-30,32-34,40,46,48,51-52H,10,13,16-18H2,1-5H3/t19-,20-,21+,22-,28-,29-,30-,32-,33+,34-,40-,41+,42-,43-/m0/s1. The third kappa shape index (κ3) is 7.12. The normalized spacial score (nSPS) is 42.2. The van der Waals surface area contributed by atoms with Crippen LogP contribution in [-0.4, -0.2) is 128 Å². The number of fused-ring (bicyclic) bond motifs is 3. The Balaban J connectivity index is 0.953. The van der Waals surface area contributed by atoms with Crippen molar-refractivity contribution in [1.82, 2.24) is 0 Å². The molecule has 1 aromatic rings. The number of carbonyl (C=O) groups is 5. The van der Waals surface area contributed by atoms with Crippen LogP contribution in [0.15, 0.2) is 59.7 Å². The Kier molecular flexibility index (Phi) is 10.7. The number of ether oxygens (including phenoxy) is 7. The van der Waals surface area contributed by atoms with Gasteiger partial charge in [-0.2, -0.15) is 0 Å². The Bertz CT molecular complexity index is 2090. The number of rotatable bonds is 7. The molecule has 8 rings (SSSR count). The fraction of sp³-hybridized carbons (Fsp3) is 0.558. The Morgan fingerprint density at radius 2 is 1.47 bits per heavy atom. The molecule has 0 unspecified atom stereocenters. The molecule has 7 aliphatic rings. The first kappa shape index (κ1) is 41.7. The minimum Gasteiger partial charge on any atom is -0.507 e. The van der Waals surface area contributed by atoms with Crippen LogP contribution in [0, 0.1) is 0 Å². The fourth-order valence-electron chi connectivity index (χ4n) is 9.31. The second-order valence-corrected chi connectivity index (χ2v) is 16.8. The highest BCUT2D eigenvalue weighted by Crippen LogP contribution is 2.53. The number of aromatic hydroxyl groups is 1. The number of Topliss-reactive ketones (excluding diaryl/α,β-unsaturated/α-hetero) is 3. The molecule has 1 aromatic carbocycles. The van der Waals surface area contributed by atoms with Gasteiger partial charge in [-0.3, -0.25) is 24.0 Å². The Morgan fingerprint density at radius 3 is 2.14 bits per heavy atom. The summed E-state index contributed by atoms with van der Waals surface area (Å²) in [7, 11) is 0. The molecule has 0 aromatic heterocycles. The molecule has 59 heavy (non-hydrogen) atoms. The number of phenols is 1. The average molecular weight is 821 g/mol. The first-order valence-corrected chi connectivity index (χ1v) is 19.9. The van der Waals surface area contributed by atoms with Crippen LogP contribution >= 0.6 is 0 Å². The average Bonchev–Trinajstić information content (AvgIpc) is 3.16. The minimum absolute atomic E-state index is 0.0490. The van der Waals surface area contributed by atoms with Gasteiger partial charge in [0.15, 0.2) is 53.4 Å². The smallest absolute Gasteiger partial charge is 0.198 e. The lowest BCUT2D eigenvalue weighted by Gasteiger charge is -2.53. The summed E-state index contributed by atoms with van der Waals surface area (Å²) >= 11 is 0. The molecule has 316 valence electrons. The van der Waals surface area contributed by atoms with Crippen molar-refractivity contribution in [1.29, 1.82) is 0 Å². The quantitative estimate of drug-likeness (QED) is 0.310. The van der Waals surface area contributed by atoms with Crippen molar-refractivity contribution >= 4 is 28.9 Å². The number of hydrogen-bond acceptors (Lipinski definition) is 16. The van der Waals surface area contributed by atoms with Gasteiger partial charge in [0, 0.05) is 42.4 Å². The second kappa shape index (κ2) is 15.1. The van der Waals surface area contributed by atoms with E-state index < -0.39 is 113 Å². The van der Waals surface area contributed by atoms with E-state index in [1.165, 1.54) is 37.3 Å². The number of ketones is 5. The van der Waals surface area contributed by atoms with Crippen molar-refractivity contribution in [2.45, 2.75) is 151 Å². The van der Waals surface area contributed by atoms with Gasteiger partial charge in [0.25, 0.3) is 0 Å². The fourth-order valence-corrected chi connectivity index (χ4v) is 9.31. The van der Waals surface area contributed by atoms with Crippen LogP contribution < -0.4 is 0 Å². The van der Waals surface area contributed by atoms with Crippen molar-refractivity contribution in [3.63, 3.8) is 0 Å². The number of benzene rings is 1. The molecule has 2 saturated heterocycles. The first-order valence-electron chi connectivity index (χ1n) is 19.9. The predicted molar refractivity (Wildman–Crippen MR) is 201 cm³/mol. The van der Waals surface area contributed by atoms with Gasteiger partial charge in [0.2, 0.25) is 0 Å².